The Labute approximate surface area is 140 Å². The van der Waals surface area contributed by atoms with E-state index in [0.29, 0.717) is 0 Å². The smallest absolute Gasteiger partial charge is 0.392 e. The molecule has 0 spiro atoms. The average molecular weight is 355 g/mol. The first-order chi connectivity index (χ1) is 11.6. The first-order valence-corrected chi connectivity index (χ1v) is 7.34. The number of nitrogens with one attached hydrogen (secondary N) is 1. The highest BCUT2D eigenvalue weighted by atomic mass is 19.4. The van der Waals surface area contributed by atoms with Crippen molar-refractivity contribution in [2.45, 2.75) is 26.1 Å². The third-order valence-corrected chi connectivity index (χ3v) is 3.30. The molecule has 0 aliphatic rings. The zero-order valence-electron chi connectivity index (χ0n) is 13.5. The number of aromatic nitrogens is 2. The van der Waals surface area contributed by atoms with Crippen LogP contribution in [0.3, 0.4) is 0 Å². The number of carbonyl (C=O) groups excluding carboxylic acids is 1. The summed E-state index contributed by atoms with van der Waals surface area (Å²) in [4.78, 5) is 24.0. The summed E-state index contributed by atoms with van der Waals surface area (Å²) >= 11 is 0. The Kier molecular flexibility index (Phi) is 5.27. The van der Waals surface area contributed by atoms with Gasteiger partial charge in [0.05, 0.1) is 17.4 Å². The van der Waals surface area contributed by atoms with Gasteiger partial charge in [-0.2, -0.15) is 18.3 Å². The lowest BCUT2D eigenvalue weighted by atomic mass is 10.2. The number of alkyl halides is 3. The summed E-state index contributed by atoms with van der Waals surface area (Å²) < 4.78 is 39.7. The molecule has 0 fully saturated rings. The molecule has 2 aromatic rings. The molecule has 2 N–H and O–H groups in total. The molecule has 0 radical (unpaired) electrons. The second kappa shape index (κ2) is 7.06. The Morgan fingerprint density at radius 1 is 1.36 bits per heavy atom. The number of aryl methyl sites for hydroxylation is 1. The summed E-state index contributed by atoms with van der Waals surface area (Å²) in [6.07, 6.45) is -5.35. The number of hydrogen-bond acceptors (Lipinski definition) is 4. The van der Waals surface area contributed by atoms with Crippen molar-refractivity contribution in [1.82, 2.24) is 15.1 Å². The number of amides is 1. The van der Waals surface area contributed by atoms with Gasteiger partial charge in [0.15, 0.2) is 5.69 Å². The third kappa shape index (κ3) is 4.44. The van der Waals surface area contributed by atoms with E-state index in [0.717, 1.165) is 22.9 Å². The summed E-state index contributed by atoms with van der Waals surface area (Å²) in [6, 6.07) is 5.51. The van der Waals surface area contributed by atoms with E-state index in [1.54, 1.807) is 0 Å². The SMILES string of the molecule is Cc1cc(=O)c(C(=O)NCC(C)O)nn1-c1cccc(C(F)(F)F)c1. The number of halogens is 3. The van der Waals surface area contributed by atoms with Crippen molar-refractivity contribution < 1.29 is 23.1 Å². The Morgan fingerprint density at radius 2 is 2.04 bits per heavy atom. The lowest BCUT2D eigenvalue weighted by Gasteiger charge is -2.14. The van der Waals surface area contributed by atoms with Crippen molar-refractivity contribution in [1.29, 1.82) is 0 Å². The topological polar surface area (TPSA) is 84.2 Å². The molecule has 0 aliphatic carbocycles. The number of carbonyl (C=O) groups is 1. The standard InChI is InChI=1S/C16H16F3N3O3/c1-9-6-13(24)14(15(25)20-8-10(2)23)21-22(9)12-5-3-4-11(7-12)16(17,18)19/h3-7,10,23H,8H2,1-2H3,(H,20,25). The van der Waals surface area contributed by atoms with Crippen LogP contribution >= 0.6 is 0 Å². The Bertz CT molecular complexity index is 844. The van der Waals surface area contributed by atoms with Crippen LogP contribution in [0.25, 0.3) is 5.69 Å². The number of aliphatic hydroxyl groups excluding tert-OH is 1. The number of nitrogens with zero attached hydrogens (tertiary/aromatic N) is 2. The van der Waals surface area contributed by atoms with Gasteiger partial charge < -0.3 is 10.4 Å². The molecule has 1 amide bonds. The first kappa shape index (κ1) is 18.7. The number of rotatable bonds is 4. The third-order valence-electron chi connectivity index (χ3n) is 3.30. The minimum absolute atomic E-state index is 0.0666. The Morgan fingerprint density at radius 3 is 2.64 bits per heavy atom. The fourth-order valence-electron chi connectivity index (χ4n) is 2.10. The van der Waals surface area contributed by atoms with Crippen molar-refractivity contribution in [2.75, 3.05) is 6.54 Å². The van der Waals surface area contributed by atoms with E-state index in [1.807, 2.05) is 0 Å². The maximum atomic E-state index is 12.9. The van der Waals surface area contributed by atoms with E-state index < -0.39 is 34.9 Å². The molecule has 1 aromatic heterocycles. The fourth-order valence-corrected chi connectivity index (χ4v) is 2.10. The molecule has 0 aliphatic heterocycles. The maximum Gasteiger partial charge on any atom is 0.416 e. The molecule has 25 heavy (non-hydrogen) atoms. The van der Waals surface area contributed by atoms with E-state index in [9.17, 15) is 27.9 Å². The minimum atomic E-state index is -4.53. The molecule has 1 aromatic carbocycles. The van der Waals surface area contributed by atoms with Gasteiger partial charge in [0.1, 0.15) is 0 Å². The van der Waals surface area contributed by atoms with Crippen LogP contribution in [0, 0.1) is 6.92 Å². The zero-order chi connectivity index (χ0) is 18.8. The first-order valence-electron chi connectivity index (χ1n) is 7.34. The normalized spacial score (nSPS) is 12.7. The molecule has 6 nitrogen and oxygen atoms in total. The van der Waals surface area contributed by atoms with Crippen molar-refractivity contribution in [3.63, 3.8) is 0 Å². The molecule has 9 heteroatoms. The number of aliphatic hydroxyl groups is 1. The molecule has 2 rings (SSSR count). The van der Waals surface area contributed by atoms with Crippen LogP contribution < -0.4 is 10.7 Å². The molecule has 0 saturated carbocycles. The van der Waals surface area contributed by atoms with Crippen LogP contribution in [0.4, 0.5) is 13.2 Å². The van der Waals surface area contributed by atoms with E-state index in [2.05, 4.69) is 10.4 Å². The minimum Gasteiger partial charge on any atom is -0.392 e. The van der Waals surface area contributed by atoms with Crippen LogP contribution in [0.5, 0.6) is 0 Å². The van der Waals surface area contributed by atoms with E-state index in [1.165, 1.54) is 26.0 Å². The van der Waals surface area contributed by atoms with Crippen molar-refractivity contribution in [3.05, 3.63) is 57.5 Å². The van der Waals surface area contributed by atoms with Gasteiger partial charge in [-0.3, -0.25) is 9.59 Å². The van der Waals surface area contributed by atoms with Gasteiger partial charge in [-0.05, 0) is 32.0 Å². The molecule has 1 atom stereocenters. The predicted molar refractivity (Wildman–Crippen MR) is 83.6 cm³/mol. The average Bonchev–Trinajstić information content (AvgIpc) is 2.52. The lowest BCUT2D eigenvalue weighted by Crippen LogP contribution is -2.35. The summed E-state index contributed by atoms with van der Waals surface area (Å²) in [7, 11) is 0. The van der Waals surface area contributed by atoms with Gasteiger partial charge in [0.25, 0.3) is 5.91 Å². The number of benzene rings is 1. The van der Waals surface area contributed by atoms with E-state index in [-0.39, 0.29) is 17.9 Å². The maximum absolute atomic E-state index is 12.9. The second-order valence-electron chi connectivity index (χ2n) is 5.52. The van der Waals surface area contributed by atoms with Gasteiger partial charge >= 0.3 is 6.18 Å². The number of hydrogen-bond donors (Lipinski definition) is 2. The monoisotopic (exact) mass is 355 g/mol. The van der Waals surface area contributed by atoms with Crippen molar-refractivity contribution >= 4 is 5.91 Å². The van der Waals surface area contributed by atoms with Gasteiger partial charge in [0.2, 0.25) is 5.43 Å². The molecule has 134 valence electrons. The largest absolute Gasteiger partial charge is 0.416 e. The summed E-state index contributed by atoms with van der Waals surface area (Å²) in [6.45, 7) is 2.85. The molecule has 0 bridgehead atoms. The Hall–Kier alpha value is -2.68. The van der Waals surface area contributed by atoms with Crippen LogP contribution in [-0.4, -0.2) is 33.4 Å². The Balaban J connectivity index is 2.48. The van der Waals surface area contributed by atoms with Gasteiger partial charge in [-0.1, -0.05) is 6.07 Å². The van der Waals surface area contributed by atoms with Crippen LogP contribution in [0.1, 0.15) is 28.7 Å². The molecule has 1 unspecified atom stereocenters. The van der Waals surface area contributed by atoms with Crippen LogP contribution in [0.2, 0.25) is 0 Å². The van der Waals surface area contributed by atoms with Crippen molar-refractivity contribution in [3.8, 4) is 5.69 Å². The second-order valence-corrected chi connectivity index (χ2v) is 5.52. The van der Waals surface area contributed by atoms with E-state index in [4.69, 9.17) is 0 Å². The zero-order valence-corrected chi connectivity index (χ0v) is 13.5. The van der Waals surface area contributed by atoms with E-state index >= 15 is 0 Å². The quantitative estimate of drug-likeness (QED) is 0.874. The fraction of sp³-hybridized carbons (Fsp3) is 0.312. The van der Waals surface area contributed by atoms with Gasteiger partial charge in [0, 0.05) is 18.3 Å². The molecule has 0 saturated heterocycles. The van der Waals surface area contributed by atoms with Gasteiger partial charge in [-0.25, -0.2) is 4.68 Å². The molecular weight excluding hydrogens is 339 g/mol. The predicted octanol–water partition coefficient (Wildman–Crippen LogP) is 1.67. The molecular formula is C16H16F3N3O3. The highest BCUT2D eigenvalue weighted by Crippen LogP contribution is 2.30. The summed E-state index contributed by atoms with van der Waals surface area (Å²) in [5.74, 6) is -0.813. The van der Waals surface area contributed by atoms with Crippen molar-refractivity contribution in [2.24, 2.45) is 0 Å². The summed E-state index contributed by atoms with van der Waals surface area (Å²) in [5, 5.41) is 15.4. The molecule has 1 heterocycles. The van der Waals surface area contributed by atoms with Crippen LogP contribution in [0.15, 0.2) is 35.1 Å². The van der Waals surface area contributed by atoms with Gasteiger partial charge in [-0.15, -0.1) is 0 Å². The van der Waals surface area contributed by atoms with Crippen LogP contribution in [-0.2, 0) is 6.18 Å². The highest BCUT2D eigenvalue weighted by molar-refractivity contribution is 5.92. The highest BCUT2D eigenvalue weighted by Gasteiger charge is 2.30. The lowest BCUT2D eigenvalue weighted by molar-refractivity contribution is -0.137. The summed E-state index contributed by atoms with van der Waals surface area (Å²) in [5.41, 5.74) is -1.66.